The Labute approximate surface area is 107 Å². The van der Waals surface area contributed by atoms with Crippen molar-refractivity contribution in [2.45, 2.75) is 19.4 Å². The summed E-state index contributed by atoms with van der Waals surface area (Å²) in [5.74, 6) is 0.641. The zero-order chi connectivity index (χ0) is 12.8. The molecule has 2 heterocycles. The maximum Gasteiger partial charge on any atom is 0.241 e. The van der Waals surface area contributed by atoms with Crippen LogP contribution in [0.4, 0.5) is 5.69 Å². The number of nitrogens with one attached hydrogen (secondary N) is 3. The van der Waals surface area contributed by atoms with E-state index in [2.05, 4.69) is 21.0 Å². The van der Waals surface area contributed by atoms with Crippen LogP contribution in [0.3, 0.4) is 0 Å². The number of amides is 1. The number of carbonyl (C=O) groups excluding carboxylic acids is 1. The van der Waals surface area contributed by atoms with Crippen molar-refractivity contribution in [3.63, 3.8) is 0 Å². The number of carbonyl (C=O) groups is 1. The Morgan fingerprint density at radius 3 is 3.28 bits per heavy atom. The molecular weight excluding hydrogens is 230 g/mol. The van der Waals surface area contributed by atoms with Gasteiger partial charge in [0.15, 0.2) is 0 Å². The number of hydrogen-bond acceptors (Lipinski definition) is 4. The van der Waals surface area contributed by atoms with E-state index < -0.39 is 0 Å². The largest absolute Gasteiger partial charge is 0.382 e. The molecule has 1 aliphatic heterocycles. The average Bonchev–Trinajstić information content (AvgIpc) is 2.85. The summed E-state index contributed by atoms with van der Waals surface area (Å²) in [5, 5.41) is 13.5. The fourth-order valence-corrected chi connectivity index (χ4v) is 2.13. The minimum atomic E-state index is -0.0406. The highest BCUT2D eigenvalue weighted by Crippen LogP contribution is 2.12. The molecule has 0 aromatic carbocycles. The lowest BCUT2D eigenvalue weighted by Crippen LogP contribution is -2.33. The monoisotopic (exact) mass is 251 g/mol. The molecule has 0 saturated carbocycles. The molecule has 1 aromatic rings. The van der Waals surface area contributed by atoms with E-state index in [-0.39, 0.29) is 12.5 Å². The first-order valence-electron chi connectivity index (χ1n) is 6.45. The van der Waals surface area contributed by atoms with Crippen molar-refractivity contribution < 1.29 is 4.79 Å². The Kier molecular flexibility index (Phi) is 4.58. The van der Waals surface area contributed by atoms with Gasteiger partial charge in [-0.1, -0.05) is 0 Å². The highest BCUT2D eigenvalue weighted by Gasteiger charge is 2.12. The third kappa shape index (κ3) is 3.73. The van der Waals surface area contributed by atoms with Gasteiger partial charge in [0.25, 0.3) is 0 Å². The fraction of sp³-hybridized carbons (Fsp3) is 0.667. The molecule has 1 aromatic heterocycles. The Bertz CT molecular complexity index is 384. The van der Waals surface area contributed by atoms with E-state index in [0.29, 0.717) is 5.92 Å². The second-order valence-electron chi connectivity index (χ2n) is 4.69. The molecule has 1 amide bonds. The molecule has 6 heteroatoms. The van der Waals surface area contributed by atoms with Crippen LogP contribution in [-0.2, 0) is 11.3 Å². The van der Waals surface area contributed by atoms with Gasteiger partial charge in [0, 0.05) is 19.8 Å². The lowest BCUT2D eigenvalue weighted by atomic mass is 10.00. The predicted octanol–water partition coefficient (Wildman–Crippen LogP) is 0.0406. The maximum atomic E-state index is 11.2. The average molecular weight is 251 g/mol. The standard InChI is InChI=1S/C12H21N5O/c1-13-12(18)9-17-8-11(7-16-17)15-6-10-3-2-4-14-5-10/h7-8,10,14-15H,2-6,9H2,1H3,(H,13,18). The van der Waals surface area contributed by atoms with Crippen molar-refractivity contribution in [3.8, 4) is 0 Å². The Morgan fingerprint density at radius 1 is 1.67 bits per heavy atom. The van der Waals surface area contributed by atoms with E-state index in [4.69, 9.17) is 0 Å². The molecule has 3 N–H and O–H groups in total. The van der Waals surface area contributed by atoms with Crippen LogP contribution in [-0.4, -0.2) is 42.4 Å². The van der Waals surface area contributed by atoms with Crippen LogP contribution in [0.1, 0.15) is 12.8 Å². The lowest BCUT2D eigenvalue weighted by molar-refractivity contribution is -0.121. The molecule has 1 atom stereocenters. The summed E-state index contributed by atoms with van der Waals surface area (Å²) >= 11 is 0. The van der Waals surface area contributed by atoms with Gasteiger partial charge in [-0.05, 0) is 31.8 Å². The second-order valence-corrected chi connectivity index (χ2v) is 4.69. The van der Waals surface area contributed by atoms with E-state index in [1.54, 1.807) is 17.9 Å². The van der Waals surface area contributed by atoms with Crippen molar-refractivity contribution in [2.75, 3.05) is 32.0 Å². The quantitative estimate of drug-likeness (QED) is 0.691. The molecule has 0 bridgehead atoms. The lowest BCUT2D eigenvalue weighted by Gasteiger charge is -2.22. The number of piperidine rings is 1. The van der Waals surface area contributed by atoms with Gasteiger partial charge in [0.05, 0.1) is 11.9 Å². The van der Waals surface area contributed by atoms with Gasteiger partial charge in [-0.2, -0.15) is 5.10 Å². The molecule has 1 saturated heterocycles. The summed E-state index contributed by atoms with van der Waals surface area (Å²) < 4.78 is 1.64. The Balaban J connectivity index is 1.77. The third-order valence-corrected chi connectivity index (χ3v) is 3.21. The van der Waals surface area contributed by atoms with Gasteiger partial charge < -0.3 is 16.0 Å². The molecule has 6 nitrogen and oxygen atoms in total. The molecule has 100 valence electrons. The topological polar surface area (TPSA) is 71.0 Å². The number of anilines is 1. The summed E-state index contributed by atoms with van der Waals surface area (Å²) in [5.41, 5.74) is 0.976. The molecule has 1 unspecified atom stereocenters. The summed E-state index contributed by atoms with van der Waals surface area (Å²) in [6.07, 6.45) is 6.15. The number of nitrogens with zero attached hydrogens (tertiary/aromatic N) is 2. The van der Waals surface area contributed by atoms with Gasteiger partial charge >= 0.3 is 0 Å². The molecule has 18 heavy (non-hydrogen) atoms. The van der Waals surface area contributed by atoms with Gasteiger partial charge in [-0.15, -0.1) is 0 Å². The molecule has 0 radical (unpaired) electrons. The van der Waals surface area contributed by atoms with E-state index in [1.807, 2.05) is 6.20 Å². The first-order chi connectivity index (χ1) is 8.78. The number of aromatic nitrogens is 2. The van der Waals surface area contributed by atoms with Crippen LogP contribution in [0.2, 0.25) is 0 Å². The van der Waals surface area contributed by atoms with E-state index in [9.17, 15) is 4.79 Å². The normalized spacial score (nSPS) is 19.5. The Morgan fingerprint density at radius 2 is 2.56 bits per heavy atom. The van der Waals surface area contributed by atoms with Crippen LogP contribution in [0.5, 0.6) is 0 Å². The minimum Gasteiger partial charge on any atom is -0.382 e. The second kappa shape index (κ2) is 6.39. The molecule has 1 fully saturated rings. The summed E-state index contributed by atoms with van der Waals surface area (Å²) in [4.78, 5) is 11.2. The fourth-order valence-electron chi connectivity index (χ4n) is 2.13. The molecule has 2 rings (SSSR count). The predicted molar refractivity (Wildman–Crippen MR) is 70.4 cm³/mol. The van der Waals surface area contributed by atoms with Gasteiger partial charge in [-0.25, -0.2) is 0 Å². The van der Waals surface area contributed by atoms with Crippen LogP contribution in [0, 0.1) is 5.92 Å². The molecular formula is C12H21N5O. The smallest absolute Gasteiger partial charge is 0.241 e. The minimum absolute atomic E-state index is 0.0406. The first-order valence-corrected chi connectivity index (χ1v) is 6.45. The highest BCUT2D eigenvalue weighted by molar-refractivity contribution is 5.75. The van der Waals surface area contributed by atoms with Crippen molar-refractivity contribution >= 4 is 11.6 Å². The summed E-state index contributed by atoms with van der Waals surface area (Å²) in [7, 11) is 1.63. The van der Waals surface area contributed by atoms with E-state index >= 15 is 0 Å². The van der Waals surface area contributed by atoms with Crippen LogP contribution >= 0.6 is 0 Å². The highest BCUT2D eigenvalue weighted by atomic mass is 16.1. The van der Waals surface area contributed by atoms with Crippen molar-refractivity contribution in [1.82, 2.24) is 20.4 Å². The number of likely N-dealkylation sites (N-methyl/N-ethyl adjacent to an activating group) is 1. The van der Waals surface area contributed by atoms with Gasteiger partial charge in [0.1, 0.15) is 6.54 Å². The van der Waals surface area contributed by atoms with Crippen LogP contribution in [0.25, 0.3) is 0 Å². The summed E-state index contributed by atoms with van der Waals surface area (Å²) in [6.45, 7) is 3.45. The Hall–Kier alpha value is -1.56. The molecule has 1 aliphatic rings. The van der Waals surface area contributed by atoms with Gasteiger partial charge in [0.2, 0.25) is 5.91 Å². The third-order valence-electron chi connectivity index (χ3n) is 3.21. The number of rotatable bonds is 5. The van der Waals surface area contributed by atoms with Crippen LogP contribution in [0.15, 0.2) is 12.4 Å². The van der Waals surface area contributed by atoms with Crippen molar-refractivity contribution in [3.05, 3.63) is 12.4 Å². The SMILES string of the molecule is CNC(=O)Cn1cc(NCC2CCCNC2)cn1. The zero-order valence-electron chi connectivity index (χ0n) is 10.8. The van der Waals surface area contributed by atoms with Crippen molar-refractivity contribution in [1.29, 1.82) is 0 Å². The van der Waals surface area contributed by atoms with Crippen molar-refractivity contribution in [2.24, 2.45) is 5.92 Å². The first kappa shape index (κ1) is 12.9. The maximum absolute atomic E-state index is 11.2. The number of hydrogen-bond donors (Lipinski definition) is 3. The zero-order valence-corrected chi connectivity index (χ0v) is 10.8. The van der Waals surface area contributed by atoms with E-state index in [0.717, 1.165) is 25.3 Å². The van der Waals surface area contributed by atoms with E-state index in [1.165, 1.54) is 12.8 Å². The molecule has 0 aliphatic carbocycles. The van der Waals surface area contributed by atoms with Gasteiger partial charge in [-0.3, -0.25) is 9.48 Å². The molecule has 0 spiro atoms. The summed E-state index contributed by atoms with van der Waals surface area (Å²) in [6, 6.07) is 0. The van der Waals surface area contributed by atoms with Crippen LogP contribution < -0.4 is 16.0 Å².